The molecule has 7 heteroatoms. The number of hydrogen-bond acceptors (Lipinski definition) is 5. The van der Waals surface area contributed by atoms with Gasteiger partial charge in [-0.1, -0.05) is 25.3 Å². The molecule has 0 radical (unpaired) electrons. The molecule has 1 fully saturated rings. The average Bonchev–Trinajstić information content (AvgIpc) is 3.22. The van der Waals surface area contributed by atoms with Gasteiger partial charge in [-0.05, 0) is 36.4 Å². The summed E-state index contributed by atoms with van der Waals surface area (Å²) in [6.45, 7) is 0.399. The van der Waals surface area contributed by atoms with E-state index in [0.29, 0.717) is 18.0 Å². The predicted octanol–water partition coefficient (Wildman–Crippen LogP) is 3.95. The Labute approximate surface area is 159 Å². The van der Waals surface area contributed by atoms with Crippen molar-refractivity contribution >= 4 is 21.4 Å². The molecule has 3 rings (SSSR count). The molecule has 5 nitrogen and oxygen atoms in total. The van der Waals surface area contributed by atoms with Gasteiger partial charge >= 0.3 is 0 Å². The molecule has 1 N–H and O–H groups in total. The molecule has 1 aliphatic rings. The molecule has 0 aliphatic heterocycles. The number of methoxy groups -OCH3 is 2. The fourth-order valence-electron chi connectivity index (χ4n) is 3.62. The SMILES string of the molecule is COc1ccc(OC)c(S(=O)(=O)NCC2(c3cccs3)CCCCC2)c1. The van der Waals surface area contributed by atoms with Gasteiger partial charge in [0.1, 0.15) is 16.4 Å². The van der Waals surface area contributed by atoms with Crippen LogP contribution in [0, 0.1) is 0 Å². The second kappa shape index (κ2) is 7.98. The van der Waals surface area contributed by atoms with Gasteiger partial charge in [0, 0.05) is 22.9 Å². The molecule has 142 valence electrons. The normalized spacial score (nSPS) is 17.0. The van der Waals surface area contributed by atoms with Crippen LogP contribution in [-0.2, 0) is 15.4 Å². The van der Waals surface area contributed by atoms with Crippen LogP contribution in [0.3, 0.4) is 0 Å². The highest BCUT2D eigenvalue weighted by molar-refractivity contribution is 7.89. The summed E-state index contributed by atoms with van der Waals surface area (Å²) in [5, 5.41) is 2.06. The van der Waals surface area contributed by atoms with Gasteiger partial charge in [-0.2, -0.15) is 0 Å². The predicted molar refractivity (Wildman–Crippen MR) is 104 cm³/mol. The van der Waals surface area contributed by atoms with Crippen molar-refractivity contribution in [3.05, 3.63) is 40.6 Å². The van der Waals surface area contributed by atoms with Crippen molar-refractivity contribution in [2.24, 2.45) is 0 Å². The summed E-state index contributed by atoms with van der Waals surface area (Å²) in [5.74, 6) is 0.795. The van der Waals surface area contributed by atoms with E-state index in [1.807, 2.05) is 6.07 Å². The second-order valence-electron chi connectivity index (χ2n) is 6.66. The van der Waals surface area contributed by atoms with E-state index < -0.39 is 10.0 Å². The van der Waals surface area contributed by atoms with E-state index in [4.69, 9.17) is 9.47 Å². The van der Waals surface area contributed by atoms with Gasteiger partial charge in [0.25, 0.3) is 0 Å². The minimum Gasteiger partial charge on any atom is -0.497 e. The summed E-state index contributed by atoms with van der Waals surface area (Å²) in [6, 6.07) is 8.96. The van der Waals surface area contributed by atoms with E-state index in [9.17, 15) is 8.42 Å². The van der Waals surface area contributed by atoms with Gasteiger partial charge in [-0.3, -0.25) is 0 Å². The highest BCUT2D eigenvalue weighted by atomic mass is 32.2. The largest absolute Gasteiger partial charge is 0.497 e. The Morgan fingerprint density at radius 1 is 1.12 bits per heavy atom. The first kappa shape index (κ1) is 19.2. The van der Waals surface area contributed by atoms with Crippen LogP contribution in [0.15, 0.2) is 40.6 Å². The Hall–Kier alpha value is -1.57. The molecule has 0 bridgehead atoms. The van der Waals surface area contributed by atoms with Crippen LogP contribution in [0.2, 0.25) is 0 Å². The second-order valence-corrected chi connectivity index (χ2v) is 9.34. The molecule has 26 heavy (non-hydrogen) atoms. The minimum atomic E-state index is -3.71. The van der Waals surface area contributed by atoms with Crippen molar-refractivity contribution in [1.29, 1.82) is 0 Å². The highest BCUT2D eigenvalue weighted by Gasteiger charge is 2.36. The van der Waals surface area contributed by atoms with E-state index in [1.165, 1.54) is 31.6 Å². The number of ether oxygens (including phenoxy) is 2. The number of benzene rings is 1. The van der Waals surface area contributed by atoms with Crippen molar-refractivity contribution in [3.8, 4) is 11.5 Å². The van der Waals surface area contributed by atoms with Crippen molar-refractivity contribution in [2.75, 3.05) is 20.8 Å². The highest BCUT2D eigenvalue weighted by Crippen LogP contribution is 2.41. The van der Waals surface area contributed by atoms with Gasteiger partial charge < -0.3 is 9.47 Å². The van der Waals surface area contributed by atoms with E-state index in [0.717, 1.165) is 25.7 Å². The summed E-state index contributed by atoms with van der Waals surface area (Å²) < 4.78 is 39.3. The number of rotatable bonds is 7. The van der Waals surface area contributed by atoms with Crippen LogP contribution in [-0.4, -0.2) is 29.2 Å². The number of sulfonamides is 1. The molecule has 0 unspecified atom stereocenters. The summed E-state index contributed by atoms with van der Waals surface area (Å²) in [7, 11) is -0.734. The average molecular weight is 396 g/mol. The zero-order valence-corrected chi connectivity index (χ0v) is 16.8. The smallest absolute Gasteiger partial charge is 0.244 e. The molecular formula is C19H25NO4S2. The Balaban J connectivity index is 1.87. The summed E-state index contributed by atoms with van der Waals surface area (Å²) in [6.07, 6.45) is 5.48. The molecule has 0 saturated heterocycles. The third-order valence-electron chi connectivity index (χ3n) is 5.12. The Morgan fingerprint density at radius 3 is 2.50 bits per heavy atom. The molecule has 1 heterocycles. The number of nitrogens with one attached hydrogen (secondary N) is 1. The fraction of sp³-hybridized carbons (Fsp3) is 0.474. The maximum Gasteiger partial charge on any atom is 0.244 e. The lowest BCUT2D eigenvalue weighted by Crippen LogP contribution is -2.41. The van der Waals surface area contributed by atoms with Crippen LogP contribution in [0.5, 0.6) is 11.5 Å². The summed E-state index contributed by atoms with van der Waals surface area (Å²) in [5.41, 5.74) is -0.119. The van der Waals surface area contributed by atoms with Gasteiger partial charge in [0.2, 0.25) is 10.0 Å². The third kappa shape index (κ3) is 3.89. The molecule has 0 spiro atoms. The van der Waals surface area contributed by atoms with E-state index in [1.54, 1.807) is 23.5 Å². The van der Waals surface area contributed by atoms with E-state index in [2.05, 4.69) is 16.2 Å². The summed E-state index contributed by atoms with van der Waals surface area (Å²) in [4.78, 5) is 1.37. The standard InChI is InChI=1S/C19H25NO4S2/c1-23-15-8-9-16(24-2)17(13-15)26(21,22)20-14-19(10-4-3-5-11-19)18-7-6-12-25-18/h6-9,12-13,20H,3-5,10-11,14H2,1-2H3. The third-order valence-corrected chi connectivity index (χ3v) is 7.65. The van der Waals surface area contributed by atoms with Gasteiger partial charge in [-0.15, -0.1) is 11.3 Å². The van der Waals surface area contributed by atoms with Crippen LogP contribution in [0.4, 0.5) is 0 Å². The van der Waals surface area contributed by atoms with Crippen molar-refractivity contribution in [1.82, 2.24) is 4.72 Å². The number of hydrogen-bond donors (Lipinski definition) is 1. The zero-order valence-electron chi connectivity index (χ0n) is 15.2. The molecule has 1 saturated carbocycles. The molecule has 1 aliphatic carbocycles. The molecule has 0 amide bonds. The molecule has 0 atom stereocenters. The quantitative estimate of drug-likeness (QED) is 0.771. The van der Waals surface area contributed by atoms with Crippen LogP contribution in [0.25, 0.3) is 0 Å². The summed E-state index contributed by atoms with van der Waals surface area (Å²) >= 11 is 1.71. The molecule has 1 aromatic heterocycles. The van der Waals surface area contributed by atoms with Crippen molar-refractivity contribution < 1.29 is 17.9 Å². The monoisotopic (exact) mass is 395 g/mol. The van der Waals surface area contributed by atoms with Gasteiger partial charge in [0.05, 0.1) is 14.2 Å². The maximum absolute atomic E-state index is 13.0. The van der Waals surface area contributed by atoms with Crippen LogP contribution in [0.1, 0.15) is 37.0 Å². The Bertz CT molecular complexity index is 825. The molecular weight excluding hydrogens is 370 g/mol. The molecule has 1 aromatic carbocycles. The zero-order chi connectivity index (χ0) is 18.6. The first-order chi connectivity index (χ1) is 12.5. The van der Waals surface area contributed by atoms with Crippen molar-refractivity contribution in [2.45, 2.75) is 42.4 Å². The Morgan fingerprint density at radius 2 is 1.88 bits per heavy atom. The molecule has 2 aromatic rings. The minimum absolute atomic E-state index is 0.108. The first-order valence-corrected chi connectivity index (χ1v) is 11.1. The van der Waals surface area contributed by atoms with Crippen LogP contribution >= 0.6 is 11.3 Å². The van der Waals surface area contributed by atoms with Crippen LogP contribution < -0.4 is 14.2 Å². The van der Waals surface area contributed by atoms with E-state index in [-0.39, 0.29) is 10.3 Å². The van der Waals surface area contributed by atoms with Gasteiger partial charge in [0.15, 0.2) is 0 Å². The topological polar surface area (TPSA) is 64.6 Å². The van der Waals surface area contributed by atoms with Crippen molar-refractivity contribution in [3.63, 3.8) is 0 Å². The Kier molecular flexibility index (Phi) is 5.89. The van der Waals surface area contributed by atoms with Gasteiger partial charge in [-0.25, -0.2) is 13.1 Å². The lowest BCUT2D eigenvalue weighted by molar-refractivity contribution is 0.298. The lowest BCUT2D eigenvalue weighted by Gasteiger charge is -2.36. The first-order valence-electron chi connectivity index (χ1n) is 8.76. The maximum atomic E-state index is 13.0. The number of thiophene rings is 1. The lowest BCUT2D eigenvalue weighted by atomic mass is 9.73. The fourth-order valence-corrected chi connectivity index (χ4v) is 5.92. The van der Waals surface area contributed by atoms with E-state index >= 15 is 0 Å².